The molecule has 0 bridgehead atoms. The molecule has 15 heavy (non-hydrogen) atoms. The van der Waals surface area contributed by atoms with Crippen molar-refractivity contribution >= 4 is 7.60 Å². The number of rotatable bonds is 7. The zero-order valence-electron chi connectivity index (χ0n) is 9.93. The lowest BCUT2D eigenvalue weighted by molar-refractivity contribution is 0.0925. The zero-order valence-corrected chi connectivity index (χ0v) is 10.8. The van der Waals surface area contributed by atoms with Crippen LogP contribution in [0.25, 0.3) is 0 Å². The van der Waals surface area contributed by atoms with Crippen LogP contribution in [0.1, 0.15) is 40.5 Å². The maximum absolute atomic E-state index is 12.2. The Morgan fingerprint density at radius 1 is 1.13 bits per heavy atom. The highest BCUT2D eigenvalue weighted by molar-refractivity contribution is 7.53. The Hall–Kier alpha value is 0.110. The molecule has 1 aliphatic carbocycles. The smallest absolute Gasteiger partial charge is 0.356 e. The first kappa shape index (κ1) is 13.2. The van der Waals surface area contributed by atoms with Gasteiger partial charge in [0, 0.05) is 0 Å². The molecule has 0 heterocycles. The molecule has 0 radical (unpaired) electrons. The van der Waals surface area contributed by atoms with Crippen molar-refractivity contribution in [2.45, 2.75) is 58.8 Å². The van der Waals surface area contributed by atoms with E-state index in [-0.39, 0.29) is 24.7 Å². The highest BCUT2D eigenvalue weighted by atomic mass is 31.2. The van der Waals surface area contributed by atoms with Gasteiger partial charge in [-0.15, -0.1) is 0 Å². The van der Waals surface area contributed by atoms with Crippen LogP contribution in [0.15, 0.2) is 0 Å². The second kappa shape index (κ2) is 5.44. The van der Waals surface area contributed by atoms with Crippen molar-refractivity contribution in [1.29, 1.82) is 0 Å². The Balaban J connectivity index is 2.44. The van der Waals surface area contributed by atoms with Crippen molar-refractivity contribution in [3.05, 3.63) is 0 Å². The summed E-state index contributed by atoms with van der Waals surface area (Å²) in [5.74, 6) is 0. The van der Waals surface area contributed by atoms with E-state index in [1.165, 1.54) is 0 Å². The summed E-state index contributed by atoms with van der Waals surface area (Å²) in [5, 5.41) is 0. The van der Waals surface area contributed by atoms with Gasteiger partial charge in [-0.05, 0) is 40.5 Å². The van der Waals surface area contributed by atoms with Gasteiger partial charge in [-0.2, -0.15) is 0 Å². The summed E-state index contributed by atoms with van der Waals surface area (Å²) in [6, 6.07) is 0. The van der Waals surface area contributed by atoms with Crippen LogP contribution >= 0.6 is 7.60 Å². The van der Waals surface area contributed by atoms with Gasteiger partial charge in [0.1, 0.15) is 6.35 Å². The van der Waals surface area contributed by atoms with E-state index in [1.54, 1.807) is 0 Å². The van der Waals surface area contributed by atoms with Crippen molar-refractivity contribution in [3.8, 4) is 0 Å². The maximum Gasteiger partial charge on any atom is 0.356 e. The summed E-state index contributed by atoms with van der Waals surface area (Å²) in [6.45, 7) is 7.36. The molecule has 0 N–H and O–H groups in total. The second-order valence-corrected chi connectivity index (χ2v) is 6.32. The topological polar surface area (TPSA) is 44.8 Å². The minimum atomic E-state index is -3.07. The molecule has 0 aliphatic heterocycles. The van der Waals surface area contributed by atoms with E-state index < -0.39 is 7.60 Å². The molecule has 0 aromatic rings. The monoisotopic (exact) mass is 236 g/mol. The molecule has 0 saturated heterocycles. The van der Waals surface area contributed by atoms with Crippen LogP contribution in [0, 0.1) is 0 Å². The number of ether oxygens (including phenoxy) is 1. The van der Waals surface area contributed by atoms with Crippen LogP contribution in [-0.2, 0) is 18.3 Å². The molecule has 4 nitrogen and oxygen atoms in total. The Labute approximate surface area is 91.8 Å². The Kier molecular flexibility index (Phi) is 4.78. The lowest BCUT2D eigenvalue weighted by atomic mass is 10.5. The van der Waals surface area contributed by atoms with Gasteiger partial charge in [0.05, 0.1) is 18.3 Å². The van der Waals surface area contributed by atoms with E-state index in [4.69, 9.17) is 13.8 Å². The van der Waals surface area contributed by atoms with Crippen molar-refractivity contribution in [1.82, 2.24) is 0 Å². The van der Waals surface area contributed by atoms with E-state index in [1.807, 2.05) is 27.7 Å². The van der Waals surface area contributed by atoms with Crippen LogP contribution < -0.4 is 0 Å². The van der Waals surface area contributed by atoms with Crippen LogP contribution in [0.2, 0.25) is 0 Å². The highest BCUT2D eigenvalue weighted by Crippen LogP contribution is 2.51. The van der Waals surface area contributed by atoms with E-state index in [9.17, 15) is 4.57 Å². The standard InChI is InChI=1S/C10H21O4P/c1-8(2)13-15(11,14-9(3)4)7-12-10-5-6-10/h8-10H,5-7H2,1-4H3. The summed E-state index contributed by atoms with van der Waals surface area (Å²) in [5.41, 5.74) is 0. The van der Waals surface area contributed by atoms with E-state index in [0.29, 0.717) is 0 Å². The third kappa shape index (κ3) is 5.67. The van der Waals surface area contributed by atoms with Gasteiger partial charge in [-0.3, -0.25) is 4.57 Å². The summed E-state index contributed by atoms with van der Waals surface area (Å²) in [4.78, 5) is 0. The molecular weight excluding hydrogens is 215 g/mol. The Morgan fingerprint density at radius 2 is 1.60 bits per heavy atom. The third-order valence-electron chi connectivity index (χ3n) is 1.74. The molecule has 1 aliphatic rings. The zero-order chi connectivity index (χ0) is 11.5. The average molecular weight is 236 g/mol. The van der Waals surface area contributed by atoms with Crippen LogP contribution in [-0.4, -0.2) is 24.7 Å². The summed E-state index contributed by atoms with van der Waals surface area (Å²) in [7, 11) is -3.07. The Morgan fingerprint density at radius 3 is 1.93 bits per heavy atom. The van der Waals surface area contributed by atoms with Crippen molar-refractivity contribution in [2.75, 3.05) is 6.35 Å². The van der Waals surface area contributed by atoms with Gasteiger partial charge in [0.25, 0.3) is 0 Å². The van der Waals surface area contributed by atoms with E-state index in [2.05, 4.69) is 0 Å². The average Bonchev–Trinajstić information content (AvgIpc) is 2.79. The number of hydrogen-bond acceptors (Lipinski definition) is 4. The van der Waals surface area contributed by atoms with Gasteiger partial charge in [0.2, 0.25) is 0 Å². The molecule has 0 amide bonds. The van der Waals surface area contributed by atoms with Crippen LogP contribution in [0.3, 0.4) is 0 Å². The first-order chi connectivity index (χ1) is 6.91. The van der Waals surface area contributed by atoms with Crippen LogP contribution in [0.5, 0.6) is 0 Å². The second-order valence-electron chi connectivity index (χ2n) is 4.41. The predicted octanol–water partition coefficient (Wildman–Crippen LogP) is 3.17. The molecule has 0 spiro atoms. The first-order valence-electron chi connectivity index (χ1n) is 5.49. The fourth-order valence-electron chi connectivity index (χ4n) is 1.16. The normalized spacial score (nSPS) is 17.7. The fraction of sp³-hybridized carbons (Fsp3) is 1.00. The lowest BCUT2D eigenvalue weighted by Crippen LogP contribution is -2.12. The van der Waals surface area contributed by atoms with Crippen molar-refractivity contribution < 1.29 is 18.3 Å². The van der Waals surface area contributed by atoms with Gasteiger partial charge in [0.15, 0.2) is 0 Å². The SMILES string of the molecule is CC(C)OP(=O)(COC1CC1)OC(C)C. The molecular formula is C10H21O4P. The molecule has 0 unspecified atom stereocenters. The molecule has 1 saturated carbocycles. The van der Waals surface area contributed by atoms with Gasteiger partial charge in [-0.1, -0.05) is 0 Å². The molecule has 1 fully saturated rings. The van der Waals surface area contributed by atoms with E-state index >= 15 is 0 Å². The van der Waals surface area contributed by atoms with Crippen molar-refractivity contribution in [2.24, 2.45) is 0 Å². The molecule has 0 aromatic heterocycles. The largest absolute Gasteiger partial charge is 0.366 e. The minimum absolute atomic E-state index is 0.0774. The third-order valence-corrected chi connectivity index (χ3v) is 3.69. The Bertz CT molecular complexity index is 222. The van der Waals surface area contributed by atoms with Crippen molar-refractivity contribution in [3.63, 3.8) is 0 Å². The molecule has 90 valence electrons. The molecule has 0 atom stereocenters. The predicted molar refractivity (Wildman–Crippen MR) is 59.0 cm³/mol. The van der Waals surface area contributed by atoms with Crippen LogP contribution in [0.4, 0.5) is 0 Å². The minimum Gasteiger partial charge on any atom is -0.366 e. The first-order valence-corrected chi connectivity index (χ1v) is 7.21. The highest BCUT2D eigenvalue weighted by Gasteiger charge is 2.32. The van der Waals surface area contributed by atoms with Gasteiger partial charge >= 0.3 is 7.60 Å². The summed E-state index contributed by atoms with van der Waals surface area (Å²) in [6.07, 6.45) is 2.24. The molecule has 0 aromatic carbocycles. The van der Waals surface area contributed by atoms with E-state index in [0.717, 1.165) is 12.8 Å². The summed E-state index contributed by atoms with van der Waals surface area (Å²) < 4.78 is 28.3. The molecule has 5 heteroatoms. The fourth-order valence-corrected chi connectivity index (χ4v) is 3.01. The summed E-state index contributed by atoms with van der Waals surface area (Å²) >= 11 is 0. The quantitative estimate of drug-likeness (QED) is 0.637. The lowest BCUT2D eigenvalue weighted by Gasteiger charge is -2.22. The maximum atomic E-state index is 12.2. The van der Waals surface area contributed by atoms with Gasteiger partial charge in [-0.25, -0.2) is 0 Å². The molecule has 1 rings (SSSR count). The number of hydrogen-bond donors (Lipinski definition) is 0. The van der Waals surface area contributed by atoms with Gasteiger partial charge < -0.3 is 13.8 Å².